The molecule has 0 bridgehead atoms. The van der Waals surface area contributed by atoms with Gasteiger partial charge in [0.25, 0.3) is 0 Å². The maximum absolute atomic E-state index is 5.59. The lowest BCUT2D eigenvalue weighted by molar-refractivity contribution is 0.394. The number of ether oxygens (including phenoxy) is 2. The number of hydrogen-bond donors (Lipinski definition) is 0. The second-order valence-electron chi connectivity index (χ2n) is 9.09. The second-order valence-corrected chi connectivity index (χ2v) is 9.09. The molecule has 0 radical (unpaired) electrons. The van der Waals surface area contributed by atoms with E-state index in [4.69, 9.17) is 14.5 Å². The van der Waals surface area contributed by atoms with Crippen molar-refractivity contribution in [2.45, 2.75) is 6.54 Å². The highest BCUT2D eigenvalue weighted by Gasteiger charge is 2.18. The molecule has 4 aromatic heterocycles. The number of aryl methyl sites for hydroxylation is 2. The normalized spacial score (nSPS) is 11.3. The largest absolute Gasteiger partial charge is 0.497 e. The van der Waals surface area contributed by atoms with Gasteiger partial charge in [-0.05, 0) is 36.4 Å². The summed E-state index contributed by atoms with van der Waals surface area (Å²) in [5.41, 5.74) is 8.34. The van der Waals surface area contributed by atoms with Gasteiger partial charge in [-0.3, -0.25) is 14.6 Å². The molecular formula is C29H27N7O2. The first-order valence-electron chi connectivity index (χ1n) is 12.2. The van der Waals surface area contributed by atoms with Crippen molar-refractivity contribution in [1.82, 2.24) is 29.3 Å². The zero-order valence-corrected chi connectivity index (χ0v) is 21.7. The van der Waals surface area contributed by atoms with Gasteiger partial charge in [-0.1, -0.05) is 0 Å². The Bertz CT molecular complexity index is 1750. The van der Waals surface area contributed by atoms with Gasteiger partial charge in [0.15, 0.2) is 0 Å². The summed E-state index contributed by atoms with van der Waals surface area (Å²) in [4.78, 5) is 16.3. The molecule has 0 saturated carbocycles. The summed E-state index contributed by atoms with van der Waals surface area (Å²) in [5.74, 6) is 1.42. The molecular weight excluding hydrogens is 478 g/mol. The number of hydrogen-bond acceptors (Lipinski definition) is 7. The van der Waals surface area contributed by atoms with Crippen molar-refractivity contribution >= 4 is 33.4 Å². The van der Waals surface area contributed by atoms with Gasteiger partial charge in [0.2, 0.25) is 0 Å². The van der Waals surface area contributed by atoms with Crippen molar-refractivity contribution in [2.75, 3.05) is 19.1 Å². The van der Waals surface area contributed by atoms with Crippen LogP contribution in [0.25, 0.3) is 33.3 Å². The average molecular weight is 506 g/mol. The van der Waals surface area contributed by atoms with E-state index in [0.29, 0.717) is 18.0 Å². The van der Waals surface area contributed by atoms with Gasteiger partial charge in [-0.2, -0.15) is 5.10 Å². The summed E-state index contributed by atoms with van der Waals surface area (Å²) in [7, 11) is 7.27. The number of nitrogens with zero attached hydrogens (tertiary/aromatic N) is 7. The fraction of sp³-hybridized carbons (Fsp3) is 0.172. The molecule has 6 aromatic rings. The standard InChI is InChI=1S/C29H27N7O2/c1-34-17-19(15-32-34)28-16-31-25-8-7-20(12-26(25)33-28)36(21-10-23(37-3)14-24(11-21)38-4)18-22-13-27-29(35(22)2)6-5-9-30-27/h5-17H,18H2,1-4H3. The minimum absolute atomic E-state index is 0.588. The third-order valence-electron chi connectivity index (χ3n) is 6.72. The highest BCUT2D eigenvalue weighted by Crippen LogP contribution is 2.36. The molecule has 6 rings (SSSR count). The van der Waals surface area contributed by atoms with Crippen molar-refractivity contribution in [3.8, 4) is 22.8 Å². The maximum Gasteiger partial charge on any atom is 0.124 e. The van der Waals surface area contributed by atoms with Crippen molar-refractivity contribution in [1.29, 1.82) is 0 Å². The zero-order valence-electron chi connectivity index (χ0n) is 21.7. The molecule has 190 valence electrons. The van der Waals surface area contributed by atoms with E-state index in [2.05, 4.69) is 55.8 Å². The molecule has 0 aliphatic rings. The number of anilines is 2. The van der Waals surface area contributed by atoms with E-state index >= 15 is 0 Å². The Kier molecular flexibility index (Phi) is 5.88. The van der Waals surface area contributed by atoms with Crippen molar-refractivity contribution in [3.63, 3.8) is 0 Å². The Morgan fingerprint density at radius 2 is 1.63 bits per heavy atom. The molecule has 0 amide bonds. The summed E-state index contributed by atoms with van der Waals surface area (Å²) >= 11 is 0. The molecule has 2 aromatic carbocycles. The fourth-order valence-electron chi connectivity index (χ4n) is 4.67. The van der Waals surface area contributed by atoms with E-state index in [9.17, 15) is 0 Å². The Morgan fingerprint density at radius 1 is 0.816 bits per heavy atom. The van der Waals surface area contributed by atoms with Gasteiger partial charge in [0, 0.05) is 67.3 Å². The van der Waals surface area contributed by atoms with Crippen LogP contribution in [-0.2, 0) is 20.6 Å². The molecule has 0 unspecified atom stereocenters. The van der Waals surface area contributed by atoms with Crippen molar-refractivity contribution in [2.24, 2.45) is 14.1 Å². The van der Waals surface area contributed by atoms with E-state index in [1.807, 2.05) is 49.8 Å². The van der Waals surface area contributed by atoms with Crippen molar-refractivity contribution in [3.05, 3.63) is 85.1 Å². The zero-order chi connectivity index (χ0) is 26.2. The van der Waals surface area contributed by atoms with Gasteiger partial charge in [0.1, 0.15) is 11.5 Å². The molecule has 38 heavy (non-hydrogen) atoms. The van der Waals surface area contributed by atoms with Crippen LogP contribution in [-0.4, -0.2) is 43.5 Å². The maximum atomic E-state index is 5.59. The molecule has 9 nitrogen and oxygen atoms in total. The first-order chi connectivity index (χ1) is 18.5. The minimum Gasteiger partial charge on any atom is -0.497 e. The quantitative estimate of drug-likeness (QED) is 0.292. The van der Waals surface area contributed by atoms with E-state index in [1.54, 1.807) is 31.3 Å². The van der Waals surface area contributed by atoms with E-state index in [0.717, 1.165) is 50.4 Å². The van der Waals surface area contributed by atoms with E-state index < -0.39 is 0 Å². The van der Waals surface area contributed by atoms with E-state index in [1.165, 1.54) is 0 Å². The van der Waals surface area contributed by atoms with Gasteiger partial charge in [-0.25, -0.2) is 4.98 Å². The highest BCUT2D eigenvalue weighted by molar-refractivity contribution is 5.83. The summed E-state index contributed by atoms with van der Waals surface area (Å²) in [6, 6.07) is 18.2. The van der Waals surface area contributed by atoms with Crippen LogP contribution in [0.3, 0.4) is 0 Å². The summed E-state index contributed by atoms with van der Waals surface area (Å²) in [6.07, 6.45) is 7.33. The van der Waals surface area contributed by atoms with Gasteiger partial charge >= 0.3 is 0 Å². The third-order valence-corrected chi connectivity index (χ3v) is 6.72. The number of pyridine rings is 1. The highest BCUT2D eigenvalue weighted by atomic mass is 16.5. The molecule has 4 heterocycles. The van der Waals surface area contributed by atoms with Crippen molar-refractivity contribution < 1.29 is 9.47 Å². The van der Waals surface area contributed by atoms with Crippen LogP contribution in [0.4, 0.5) is 11.4 Å². The Labute approximate surface area is 219 Å². The predicted octanol–water partition coefficient (Wildman–Crippen LogP) is 5.27. The van der Waals surface area contributed by atoms with Gasteiger partial charge in [0.05, 0.1) is 60.9 Å². The number of methoxy groups -OCH3 is 2. The lowest BCUT2D eigenvalue weighted by Crippen LogP contribution is -2.18. The van der Waals surface area contributed by atoms with Crippen LogP contribution in [0, 0.1) is 0 Å². The lowest BCUT2D eigenvalue weighted by Gasteiger charge is -2.26. The summed E-state index contributed by atoms with van der Waals surface area (Å²) < 4.78 is 15.1. The molecule has 0 N–H and O–H groups in total. The molecule has 0 aliphatic heterocycles. The van der Waals surface area contributed by atoms with Crippen LogP contribution in [0.1, 0.15) is 5.69 Å². The first kappa shape index (κ1) is 23.5. The number of rotatable bonds is 7. The Balaban J connectivity index is 1.49. The predicted molar refractivity (Wildman–Crippen MR) is 148 cm³/mol. The van der Waals surface area contributed by atoms with Crippen LogP contribution >= 0.6 is 0 Å². The van der Waals surface area contributed by atoms with Gasteiger partial charge < -0.3 is 18.9 Å². The smallest absolute Gasteiger partial charge is 0.124 e. The molecule has 9 heteroatoms. The molecule has 0 spiro atoms. The number of fused-ring (bicyclic) bond motifs is 2. The van der Waals surface area contributed by atoms with Gasteiger partial charge in [-0.15, -0.1) is 0 Å². The first-order valence-corrected chi connectivity index (χ1v) is 12.2. The molecule has 0 atom stereocenters. The summed E-state index contributed by atoms with van der Waals surface area (Å²) in [5, 5.41) is 4.27. The van der Waals surface area contributed by atoms with Crippen LogP contribution in [0.5, 0.6) is 11.5 Å². The SMILES string of the molecule is COc1cc(OC)cc(N(Cc2cc3ncccc3n2C)c2ccc3ncc(-c4cnn(C)c4)nc3c2)c1. The number of aromatic nitrogens is 6. The van der Waals surface area contributed by atoms with Crippen LogP contribution in [0.2, 0.25) is 0 Å². The molecule has 0 saturated heterocycles. The van der Waals surface area contributed by atoms with Crippen LogP contribution in [0.15, 0.2) is 79.4 Å². The minimum atomic E-state index is 0.588. The third kappa shape index (κ3) is 4.28. The average Bonchev–Trinajstić information content (AvgIpc) is 3.53. The van der Waals surface area contributed by atoms with E-state index in [-0.39, 0.29) is 0 Å². The lowest BCUT2D eigenvalue weighted by atomic mass is 10.1. The topological polar surface area (TPSA) is 83.1 Å². The second kappa shape index (κ2) is 9.51. The van der Waals surface area contributed by atoms with Crippen LogP contribution < -0.4 is 14.4 Å². The Hall–Kier alpha value is -4.92. The molecule has 0 aliphatic carbocycles. The Morgan fingerprint density at radius 3 is 2.34 bits per heavy atom. The number of benzene rings is 2. The molecule has 0 fully saturated rings. The monoisotopic (exact) mass is 505 g/mol. The summed E-state index contributed by atoms with van der Waals surface area (Å²) in [6.45, 7) is 0.588. The fourth-order valence-corrected chi connectivity index (χ4v) is 4.67.